The van der Waals surface area contributed by atoms with Crippen molar-refractivity contribution in [2.24, 2.45) is 5.14 Å². The monoisotopic (exact) mass is 181 g/mol. The van der Waals surface area contributed by atoms with Gasteiger partial charge in [0.2, 0.25) is 10.0 Å². The van der Waals surface area contributed by atoms with Crippen LogP contribution in [0, 0.1) is 5.82 Å². The minimum absolute atomic E-state index is 0.148. The molecule has 1 aromatic rings. The quantitative estimate of drug-likeness (QED) is 0.687. The van der Waals surface area contributed by atoms with Gasteiger partial charge in [0, 0.05) is 11.4 Å². The highest BCUT2D eigenvalue weighted by Crippen LogP contribution is 2.16. The third kappa shape index (κ3) is 1.53. The Morgan fingerprint density at radius 3 is 2.40 bits per heavy atom. The molecule has 1 rings (SSSR count). The lowest BCUT2D eigenvalue weighted by atomic mass is 10.6. The van der Waals surface area contributed by atoms with Crippen LogP contribution in [0.2, 0.25) is 0 Å². The van der Waals surface area contributed by atoms with Crippen LogP contribution in [0.5, 0.6) is 0 Å². The van der Waals surface area contributed by atoms with Crippen molar-refractivity contribution in [3.63, 3.8) is 0 Å². The van der Waals surface area contributed by atoms with Gasteiger partial charge >= 0.3 is 0 Å². The van der Waals surface area contributed by atoms with E-state index < -0.39 is 15.8 Å². The van der Waals surface area contributed by atoms with Crippen LogP contribution >= 0.6 is 11.3 Å². The van der Waals surface area contributed by atoms with Gasteiger partial charge in [0.15, 0.2) is 0 Å². The second-order valence-electron chi connectivity index (χ2n) is 1.63. The zero-order valence-electron chi connectivity index (χ0n) is 4.74. The largest absolute Gasteiger partial charge is 0.247 e. The molecule has 0 fully saturated rings. The lowest BCUT2D eigenvalue weighted by Crippen LogP contribution is -2.09. The molecule has 6 heteroatoms. The summed E-state index contributed by atoms with van der Waals surface area (Å²) in [5.74, 6) is -0.575. The third-order valence-corrected chi connectivity index (χ3v) is 3.18. The molecule has 0 aromatic carbocycles. The molecule has 0 saturated heterocycles. The number of nitrogens with two attached hydrogens (primary N) is 1. The highest BCUT2D eigenvalue weighted by atomic mass is 32.2. The van der Waals surface area contributed by atoms with Crippen molar-refractivity contribution in [2.45, 2.75) is 4.21 Å². The van der Waals surface area contributed by atoms with E-state index >= 15 is 0 Å². The molecule has 56 valence electrons. The first-order chi connectivity index (χ1) is 4.50. The van der Waals surface area contributed by atoms with Crippen molar-refractivity contribution in [3.05, 3.63) is 17.3 Å². The molecule has 0 unspecified atom stereocenters. The Labute approximate surface area is 61.3 Å². The average molecular weight is 181 g/mol. The van der Waals surface area contributed by atoms with Gasteiger partial charge in [0.05, 0.1) is 0 Å². The van der Waals surface area contributed by atoms with Crippen molar-refractivity contribution >= 4 is 21.4 Å². The molecule has 0 saturated carbocycles. The predicted octanol–water partition coefficient (Wildman–Crippen LogP) is 0.535. The van der Waals surface area contributed by atoms with Crippen molar-refractivity contribution in [2.75, 3.05) is 0 Å². The SMILES string of the molecule is NS(=O)(=O)c1cc(F)cs1. The van der Waals surface area contributed by atoms with Crippen molar-refractivity contribution in [1.82, 2.24) is 0 Å². The first-order valence-electron chi connectivity index (χ1n) is 2.27. The minimum atomic E-state index is -3.70. The van der Waals surface area contributed by atoms with Crippen LogP contribution in [-0.2, 0) is 10.0 Å². The summed E-state index contributed by atoms with van der Waals surface area (Å²) < 4.78 is 32.9. The van der Waals surface area contributed by atoms with Gasteiger partial charge in [0.1, 0.15) is 10.0 Å². The van der Waals surface area contributed by atoms with Gasteiger partial charge in [-0.1, -0.05) is 0 Å². The van der Waals surface area contributed by atoms with E-state index in [1.165, 1.54) is 0 Å². The number of rotatable bonds is 1. The number of primary sulfonamides is 1. The summed E-state index contributed by atoms with van der Waals surface area (Å²) in [4.78, 5) is 0. The molecular formula is C4H4FNO2S2. The number of sulfonamides is 1. The highest BCUT2D eigenvalue weighted by Gasteiger charge is 2.10. The third-order valence-electron chi connectivity index (χ3n) is 0.824. The van der Waals surface area contributed by atoms with Gasteiger partial charge in [0.25, 0.3) is 0 Å². The Balaban J connectivity index is 3.21. The smallest absolute Gasteiger partial charge is 0.224 e. The molecule has 1 heterocycles. The van der Waals surface area contributed by atoms with Crippen molar-refractivity contribution < 1.29 is 12.8 Å². The molecule has 3 nitrogen and oxygen atoms in total. The van der Waals surface area contributed by atoms with Gasteiger partial charge < -0.3 is 0 Å². The van der Waals surface area contributed by atoms with Gasteiger partial charge in [-0.3, -0.25) is 0 Å². The average Bonchev–Trinajstić information content (AvgIpc) is 2.11. The molecular weight excluding hydrogens is 177 g/mol. The summed E-state index contributed by atoms with van der Waals surface area (Å²) in [6, 6.07) is 0.889. The van der Waals surface area contributed by atoms with Crippen LogP contribution in [0.1, 0.15) is 0 Å². The summed E-state index contributed by atoms with van der Waals surface area (Å²) in [6.07, 6.45) is 0. The van der Waals surface area contributed by atoms with E-state index in [4.69, 9.17) is 0 Å². The molecule has 0 aliphatic heterocycles. The Morgan fingerprint density at radius 1 is 1.60 bits per heavy atom. The first kappa shape index (κ1) is 7.64. The maximum Gasteiger partial charge on any atom is 0.247 e. The summed E-state index contributed by atoms with van der Waals surface area (Å²) in [7, 11) is -3.70. The maximum atomic E-state index is 12.1. The topological polar surface area (TPSA) is 60.2 Å². The Morgan fingerprint density at radius 2 is 2.20 bits per heavy atom. The summed E-state index contributed by atoms with van der Waals surface area (Å²) in [5, 5.41) is 5.77. The molecule has 0 radical (unpaired) electrons. The molecule has 1 aromatic heterocycles. The van der Waals surface area contributed by atoms with Crippen molar-refractivity contribution in [3.8, 4) is 0 Å². The van der Waals surface area contributed by atoms with E-state index in [9.17, 15) is 12.8 Å². The van der Waals surface area contributed by atoms with Crippen LogP contribution in [0.3, 0.4) is 0 Å². The molecule has 0 amide bonds. The maximum absolute atomic E-state index is 12.1. The van der Waals surface area contributed by atoms with Crippen molar-refractivity contribution in [1.29, 1.82) is 0 Å². The number of thiophene rings is 1. The predicted molar refractivity (Wildman–Crippen MR) is 35.7 cm³/mol. The fourth-order valence-electron chi connectivity index (χ4n) is 0.444. The van der Waals surface area contributed by atoms with E-state index in [2.05, 4.69) is 5.14 Å². The van der Waals surface area contributed by atoms with E-state index in [1.807, 2.05) is 0 Å². The fourth-order valence-corrected chi connectivity index (χ4v) is 1.88. The molecule has 0 spiro atoms. The summed E-state index contributed by atoms with van der Waals surface area (Å²) >= 11 is 0.769. The summed E-state index contributed by atoms with van der Waals surface area (Å²) in [5.41, 5.74) is 0. The second kappa shape index (κ2) is 2.30. The standard InChI is InChI=1S/C4H4FNO2S2/c5-3-1-4(9-2-3)10(6,7)8/h1-2H,(H2,6,7,8). The van der Waals surface area contributed by atoms with Gasteiger partial charge in [-0.15, -0.1) is 11.3 Å². The first-order valence-corrected chi connectivity index (χ1v) is 4.69. The Kier molecular flexibility index (Phi) is 1.76. The van der Waals surface area contributed by atoms with Gasteiger partial charge in [-0.05, 0) is 0 Å². The molecule has 0 aliphatic carbocycles. The minimum Gasteiger partial charge on any atom is -0.224 e. The van der Waals surface area contributed by atoms with Gasteiger partial charge in [-0.25, -0.2) is 17.9 Å². The van der Waals surface area contributed by atoms with E-state index in [-0.39, 0.29) is 4.21 Å². The molecule has 0 aliphatic rings. The molecule has 0 atom stereocenters. The van der Waals surface area contributed by atoms with Crippen LogP contribution in [0.4, 0.5) is 4.39 Å². The lowest BCUT2D eigenvalue weighted by Gasteiger charge is -1.86. The van der Waals surface area contributed by atoms with Gasteiger partial charge in [-0.2, -0.15) is 0 Å². The Hall–Kier alpha value is -0.460. The second-order valence-corrected chi connectivity index (χ2v) is 4.33. The summed E-state index contributed by atoms with van der Waals surface area (Å²) in [6.45, 7) is 0. The number of hydrogen-bond donors (Lipinski definition) is 1. The number of halogens is 1. The number of hydrogen-bond acceptors (Lipinski definition) is 3. The molecule has 0 bridgehead atoms. The molecule has 10 heavy (non-hydrogen) atoms. The lowest BCUT2D eigenvalue weighted by molar-refractivity contribution is 0.597. The van der Waals surface area contributed by atoms with E-state index in [1.54, 1.807) is 0 Å². The normalized spacial score (nSPS) is 11.8. The Bertz CT molecular complexity index is 329. The van der Waals surface area contributed by atoms with E-state index in [0.29, 0.717) is 0 Å². The molecule has 2 N–H and O–H groups in total. The fraction of sp³-hybridized carbons (Fsp3) is 0. The van der Waals surface area contributed by atoms with Crippen LogP contribution < -0.4 is 5.14 Å². The van der Waals surface area contributed by atoms with Crippen LogP contribution in [0.15, 0.2) is 15.7 Å². The van der Waals surface area contributed by atoms with E-state index in [0.717, 1.165) is 22.8 Å². The van der Waals surface area contributed by atoms with Crippen LogP contribution in [-0.4, -0.2) is 8.42 Å². The zero-order chi connectivity index (χ0) is 7.78. The highest BCUT2D eigenvalue weighted by molar-refractivity contribution is 7.91. The van der Waals surface area contributed by atoms with Crippen LogP contribution in [0.25, 0.3) is 0 Å². The zero-order valence-corrected chi connectivity index (χ0v) is 6.38.